The van der Waals surface area contributed by atoms with Gasteiger partial charge in [-0.25, -0.2) is 19.2 Å². The van der Waals surface area contributed by atoms with Crippen LogP contribution in [0.25, 0.3) is 0 Å². The van der Waals surface area contributed by atoms with Crippen molar-refractivity contribution in [1.29, 1.82) is 0 Å². The van der Waals surface area contributed by atoms with E-state index < -0.39 is 24.2 Å². The zero-order valence-corrected chi connectivity index (χ0v) is 5.34. The third kappa shape index (κ3) is 7.25. The van der Waals surface area contributed by atoms with Gasteiger partial charge in [-0.2, -0.15) is 0 Å². The Morgan fingerprint density at radius 1 is 0.769 bits per heavy atom. The summed E-state index contributed by atoms with van der Waals surface area (Å²) in [7, 11) is 0. The van der Waals surface area contributed by atoms with Crippen LogP contribution in [0.1, 0.15) is 0 Å². The second-order valence-corrected chi connectivity index (χ2v) is 1.31. The van der Waals surface area contributed by atoms with Crippen LogP contribution in [0.2, 0.25) is 0 Å². The van der Waals surface area contributed by atoms with E-state index in [0.29, 0.717) is 0 Å². The van der Waals surface area contributed by atoms with E-state index in [-0.39, 0.29) is 29.6 Å². The van der Waals surface area contributed by atoms with Gasteiger partial charge in [0.1, 0.15) is 0 Å². The van der Waals surface area contributed by atoms with Crippen LogP contribution in [0.15, 0.2) is 0 Å². The molecule has 0 saturated heterocycles. The van der Waals surface area contributed by atoms with Crippen molar-refractivity contribution >= 4 is 53.8 Å². The third-order valence-electron chi connectivity index (χ3n) is 0.527. The monoisotopic (exact) mass is 202 g/mol. The summed E-state index contributed by atoms with van der Waals surface area (Å²) in [6.45, 7) is 0. The fourth-order valence-corrected chi connectivity index (χ4v) is 0.242. The number of hydrogen-bond acceptors (Lipinski definition) is 6. The van der Waals surface area contributed by atoms with Crippen LogP contribution in [0.5, 0.6) is 0 Å². The Labute approximate surface area is 92.7 Å². The maximum absolute atomic E-state index is 10.1. The number of carbonyl (C=O) groups is 4. The van der Waals surface area contributed by atoms with Crippen molar-refractivity contribution < 1.29 is 38.9 Å². The Kier molecular flexibility index (Phi) is 7.09. The SMILES string of the molecule is O=C(O)OC(=O)C(=O)OC(=O)O.[NaH]. The summed E-state index contributed by atoms with van der Waals surface area (Å²) >= 11 is 0. The van der Waals surface area contributed by atoms with Gasteiger partial charge >= 0.3 is 53.8 Å². The molecule has 0 amide bonds. The Morgan fingerprint density at radius 2 is 1.00 bits per heavy atom. The molecule has 0 saturated carbocycles. The standard InChI is InChI=1S/C4H2O8.Na.H/c5-1(11-3(7)8)2(6)12-4(9)10;;/h(H,7,8)(H,9,10);;. The number of rotatable bonds is 0. The zero-order chi connectivity index (χ0) is 9.72. The van der Waals surface area contributed by atoms with Crippen molar-refractivity contribution in [1.82, 2.24) is 0 Å². The van der Waals surface area contributed by atoms with E-state index in [2.05, 4.69) is 9.47 Å². The Hall–Kier alpha value is -1.12. The van der Waals surface area contributed by atoms with Gasteiger partial charge in [-0.15, -0.1) is 0 Å². The molecule has 0 heterocycles. The first kappa shape index (κ1) is 14.4. The van der Waals surface area contributed by atoms with Crippen molar-refractivity contribution in [3.8, 4) is 0 Å². The first-order chi connectivity index (χ1) is 5.43. The van der Waals surface area contributed by atoms with Crippen LogP contribution in [0.4, 0.5) is 9.59 Å². The molecule has 0 spiro atoms. The Bertz CT molecular complexity index is 219. The minimum absolute atomic E-state index is 0. The van der Waals surface area contributed by atoms with Crippen LogP contribution in [-0.2, 0) is 19.1 Å². The van der Waals surface area contributed by atoms with E-state index in [1.54, 1.807) is 0 Å². The fraction of sp³-hybridized carbons (Fsp3) is 0. The quantitative estimate of drug-likeness (QED) is 0.216. The van der Waals surface area contributed by atoms with E-state index >= 15 is 0 Å². The van der Waals surface area contributed by atoms with Gasteiger partial charge in [-0.3, -0.25) is 0 Å². The second kappa shape index (κ2) is 6.40. The van der Waals surface area contributed by atoms with E-state index in [1.165, 1.54) is 0 Å². The summed E-state index contributed by atoms with van der Waals surface area (Å²) in [5.74, 6) is -3.82. The molecule has 0 fully saturated rings. The fourth-order valence-electron chi connectivity index (χ4n) is 0.242. The molecule has 13 heavy (non-hydrogen) atoms. The first-order valence-electron chi connectivity index (χ1n) is 2.33. The average molecular weight is 202 g/mol. The molecule has 0 unspecified atom stereocenters. The van der Waals surface area contributed by atoms with E-state index in [4.69, 9.17) is 10.2 Å². The third-order valence-corrected chi connectivity index (χ3v) is 0.527. The van der Waals surface area contributed by atoms with Crippen molar-refractivity contribution in [2.75, 3.05) is 0 Å². The van der Waals surface area contributed by atoms with Crippen LogP contribution >= 0.6 is 0 Å². The van der Waals surface area contributed by atoms with Crippen molar-refractivity contribution in [2.24, 2.45) is 0 Å². The van der Waals surface area contributed by atoms with Crippen molar-refractivity contribution in [2.45, 2.75) is 0 Å². The summed E-state index contributed by atoms with van der Waals surface area (Å²) in [6, 6.07) is 0. The molecular weight excluding hydrogens is 199 g/mol. The predicted octanol–water partition coefficient (Wildman–Crippen LogP) is -1.22. The molecule has 0 aliphatic rings. The molecule has 0 rings (SSSR count). The molecule has 0 aliphatic carbocycles. The summed E-state index contributed by atoms with van der Waals surface area (Å²) in [6.07, 6.45) is -4.05. The average Bonchev–Trinajstić information content (AvgIpc) is 1.84. The van der Waals surface area contributed by atoms with E-state index in [1.807, 2.05) is 0 Å². The molecule has 2 N–H and O–H groups in total. The van der Waals surface area contributed by atoms with Gasteiger partial charge in [0.25, 0.3) is 0 Å². The van der Waals surface area contributed by atoms with Gasteiger partial charge in [-0.1, -0.05) is 0 Å². The summed E-state index contributed by atoms with van der Waals surface area (Å²) in [5, 5.41) is 15.5. The van der Waals surface area contributed by atoms with Gasteiger partial charge in [0.05, 0.1) is 0 Å². The second-order valence-electron chi connectivity index (χ2n) is 1.31. The summed E-state index contributed by atoms with van der Waals surface area (Å²) in [5.41, 5.74) is 0. The molecule has 0 aromatic rings. The van der Waals surface area contributed by atoms with Crippen molar-refractivity contribution in [3.05, 3.63) is 0 Å². The van der Waals surface area contributed by atoms with Crippen LogP contribution in [0.3, 0.4) is 0 Å². The number of ether oxygens (including phenoxy) is 2. The van der Waals surface area contributed by atoms with Crippen molar-refractivity contribution in [3.63, 3.8) is 0 Å². The number of hydrogen-bond donors (Lipinski definition) is 2. The molecule has 0 atom stereocenters. The Balaban J connectivity index is 0. The van der Waals surface area contributed by atoms with Gasteiger partial charge in [0, 0.05) is 0 Å². The maximum atomic E-state index is 10.1. The molecule has 0 aliphatic heterocycles. The number of carbonyl (C=O) groups excluding carboxylic acids is 2. The summed E-state index contributed by atoms with van der Waals surface area (Å²) < 4.78 is 6.51. The zero-order valence-electron chi connectivity index (χ0n) is 5.34. The predicted molar refractivity (Wildman–Crippen MR) is 35.4 cm³/mol. The molecule has 68 valence electrons. The normalized spacial score (nSPS) is 7.69. The first-order valence-corrected chi connectivity index (χ1v) is 2.33. The molecule has 8 nitrogen and oxygen atoms in total. The molecule has 9 heteroatoms. The minimum atomic E-state index is -2.03. The van der Waals surface area contributed by atoms with E-state index in [9.17, 15) is 19.2 Å². The summed E-state index contributed by atoms with van der Waals surface area (Å²) in [4.78, 5) is 39.5. The van der Waals surface area contributed by atoms with Gasteiger partial charge in [-0.05, 0) is 0 Å². The number of esters is 2. The van der Waals surface area contributed by atoms with Crippen LogP contribution in [-0.4, -0.2) is 64.0 Å². The molecule has 0 aromatic heterocycles. The van der Waals surface area contributed by atoms with Gasteiger partial charge in [0.2, 0.25) is 0 Å². The number of carboxylic acid groups (broad SMARTS) is 2. The van der Waals surface area contributed by atoms with Crippen LogP contribution < -0.4 is 0 Å². The molecular formula is C4H3NaO8. The Morgan fingerprint density at radius 3 is 1.15 bits per heavy atom. The molecule has 0 radical (unpaired) electrons. The van der Waals surface area contributed by atoms with Gasteiger partial charge in [0.15, 0.2) is 0 Å². The topological polar surface area (TPSA) is 127 Å². The van der Waals surface area contributed by atoms with E-state index in [0.717, 1.165) is 0 Å². The van der Waals surface area contributed by atoms with Crippen LogP contribution in [0, 0.1) is 0 Å². The molecule has 0 bridgehead atoms. The molecule has 0 aromatic carbocycles. The van der Waals surface area contributed by atoms with Gasteiger partial charge < -0.3 is 19.7 Å².